The highest BCUT2D eigenvalue weighted by Gasteiger charge is 2.51. The van der Waals surface area contributed by atoms with E-state index in [-0.39, 0.29) is 23.0 Å². The van der Waals surface area contributed by atoms with Crippen LogP contribution in [-0.4, -0.2) is 41.6 Å². The van der Waals surface area contributed by atoms with Crippen molar-refractivity contribution in [2.24, 2.45) is 11.8 Å². The fourth-order valence-corrected chi connectivity index (χ4v) is 5.28. The summed E-state index contributed by atoms with van der Waals surface area (Å²) in [6, 6.07) is 5.56. The van der Waals surface area contributed by atoms with Crippen LogP contribution in [0.3, 0.4) is 0 Å². The summed E-state index contributed by atoms with van der Waals surface area (Å²) >= 11 is 0. The van der Waals surface area contributed by atoms with Gasteiger partial charge < -0.3 is 15.3 Å². The van der Waals surface area contributed by atoms with Crippen molar-refractivity contribution in [2.45, 2.75) is 37.8 Å². The minimum Gasteiger partial charge on any atom is -0.383 e. The molecule has 2 aliphatic rings. The number of carbonyl (C=O) groups is 1. The van der Waals surface area contributed by atoms with Crippen LogP contribution < -0.4 is 5.32 Å². The summed E-state index contributed by atoms with van der Waals surface area (Å²) in [6.07, 6.45) is 0.416. The number of rotatable bonds is 3. The Kier molecular flexibility index (Phi) is 6.02. The minimum atomic E-state index is -1.71. The van der Waals surface area contributed by atoms with E-state index in [1.54, 1.807) is 13.8 Å². The molecule has 2 fully saturated rings. The van der Waals surface area contributed by atoms with Crippen molar-refractivity contribution in [3.8, 4) is 0 Å². The van der Waals surface area contributed by atoms with Gasteiger partial charge in [0.15, 0.2) is 0 Å². The van der Waals surface area contributed by atoms with Crippen LogP contribution in [0.2, 0.25) is 0 Å². The van der Waals surface area contributed by atoms with E-state index in [1.165, 1.54) is 23.1 Å². The third-order valence-corrected chi connectivity index (χ3v) is 7.20. The highest BCUT2D eigenvalue weighted by atomic mass is 19.1. The van der Waals surface area contributed by atoms with Gasteiger partial charge in [-0.1, -0.05) is 19.1 Å². The predicted octanol–water partition coefficient (Wildman–Crippen LogP) is 3.69. The summed E-state index contributed by atoms with van der Waals surface area (Å²) in [6.45, 7) is 4.43. The smallest absolute Gasteiger partial charge is 0.227 e. The number of piperidine rings is 1. The van der Waals surface area contributed by atoms with Gasteiger partial charge in [0.25, 0.3) is 0 Å². The zero-order valence-electron chi connectivity index (χ0n) is 17.9. The van der Waals surface area contributed by atoms with E-state index >= 15 is 0 Å². The summed E-state index contributed by atoms with van der Waals surface area (Å²) in [7, 11) is 0. The molecule has 0 saturated carbocycles. The number of nitrogens with one attached hydrogen (secondary N) is 1. The molecule has 5 atom stereocenters. The van der Waals surface area contributed by atoms with Crippen LogP contribution in [0.1, 0.15) is 37.3 Å². The van der Waals surface area contributed by atoms with Crippen LogP contribution in [0.25, 0.3) is 0 Å². The van der Waals surface area contributed by atoms with E-state index in [9.17, 15) is 27.5 Å². The van der Waals surface area contributed by atoms with Crippen LogP contribution in [0.15, 0.2) is 36.4 Å². The SMILES string of the molecule is C[C@@H]1N(C(=O)[C@@H]2CNC[C@H]2c2ccc(F)cc2F)CC[C@H](C)[C@@]1(O)c1ccc(F)cc1F. The van der Waals surface area contributed by atoms with Gasteiger partial charge in [-0.15, -0.1) is 0 Å². The summed E-state index contributed by atoms with van der Waals surface area (Å²) in [5.41, 5.74) is -1.51. The first kappa shape index (κ1) is 22.7. The Labute approximate surface area is 184 Å². The van der Waals surface area contributed by atoms with Gasteiger partial charge in [0.1, 0.15) is 28.9 Å². The van der Waals surface area contributed by atoms with E-state index in [0.29, 0.717) is 26.1 Å². The molecule has 172 valence electrons. The topological polar surface area (TPSA) is 52.6 Å². The van der Waals surface area contributed by atoms with Gasteiger partial charge in [-0.2, -0.15) is 0 Å². The number of aliphatic hydroxyl groups is 1. The molecule has 0 spiro atoms. The normalized spacial score (nSPS) is 30.5. The highest BCUT2D eigenvalue weighted by molar-refractivity contribution is 5.81. The third kappa shape index (κ3) is 3.69. The van der Waals surface area contributed by atoms with Crippen LogP contribution in [-0.2, 0) is 10.4 Å². The van der Waals surface area contributed by atoms with Crippen LogP contribution in [0, 0.1) is 35.1 Å². The zero-order chi connectivity index (χ0) is 23.2. The van der Waals surface area contributed by atoms with E-state index in [1.807, 2.05) is 0 Å². The molecule has 2 aromatic carbocycles. The number of halogens is 4. The monoisotopic (exact) mass is 450 g/mol. The summed E-state index contributed by atoms with van der Waals surface area (Å²) < 4.78 is 55.9. The Morgan fingerprint density at radius 2 is 1.69 bits per heavy atom. The fraction of sp³-hybridized carbons (Fsp3) is 0.458. The molecule has 0 bridgehead atoms. The molecule has 0 radical (unpaired) electrons. The Balaban J connectivity index is 1.65. The maximum Gasteiger partial charge on any atom is 0.227 e. The Hall–Kier alpha value is -2.45. The Bertz CT molecular complexity index is 1030. The second kappa shape index (κ2) is 8.48. The van der Waals surface area contributed by atoms with Crippen molar-refractivity contribution in [3.63, 3.8) is 0 Å². The molecule has 2 saturated heterocycles. The largest absolute Gasteiger partial charge is 0.383 e. The average Bonchev–Trinajstić information content (AvgIpc) is 3.21. The van der Waals surface area contributed by atoms with Gasteiger partial charge in [0.2, 0.25) is 5.91 Å². The summed E-state index contributed by atoms with van der Waals surface area (Å²) in [4.78, 5) is 15.1. The number of carbonyl (C=O) groups excluding carboxylic acids is 1. The van der Waals surface area contributed by atoms with Crippen molar-refractivity contribution in [3.05, 3.63) is 70.8 Å². The van der Waals surface area contributed by atoms with Crippen LogP contribution in [0.4, 0.5) is 17.6 Å². The molecule has 0 aliphatic carbocycles. The number of amides is 1. The molecule has 4 nitrogen and oxygen atoms in total. The molecule has 32 heavy (non-hydrogen) atoms. The molecule has 8 heteroatoms. The summed E-state index contributed by atoms with van der Waals surface area (Å²) in [5.74, 6) is -4.79. The van der Waals surface area contributed by atoms with Gasteiger partial charge in [-0.05, 0) is 37.0 Å². The number of benzene rings is 2. The van der Waals surface area contributed by atoms with Crippen molar-refractivity contribution in [2.75, 3.05) is 19.6 Å². The van der Waals surface area contributed by atoms with Crippen LogP contribution >= 0.6 is 0 Å². The summed E-state index contributed by atoms with van der Waals surface area (Å²) in [5, 5.41) is 14.7. The maximum atomic E-state index is 14.6. The van der Waals surface area contributed by atoms with Crippen LogP contribution in [0.5, 0.6) is 0 Å². The molecule has 0 unspecified atom stereocenters. The first-order valence-electron chi connectivity index (χ1n) is 10.8. The average molecular weight is 450 g/mol. The lowest BCUT2D eigenvalue weighted by molar-refractivity contribution is -0.159. The van der Waals surface area contributed by atoms with Crippen molar-refractivity contribution >= 4 is 5.91 Å². The number of hydrogen-bond acceptors (Lipinski definition) is 3. The number of likely N-dealkylation sites (tertiary alicyclic amines) is 1. The molecule has 2 aliphatic heterocycles. The third-order valence-electron chi connectivity index (χ3n) is 7.20. The minimum absolute atomic E-state index is 0.0536. The quantitative estimate of drug-likeness (QED) is 0.702. The molecule has 4 rings (SSSR count). The molecule has 1 amide bonds. The zero-order valence-corrected chi connectivity index (χ0v) is 17.9. The van der Waals surface area contributed by atoms with E-state index in [2.05, 4.69) is 5.32 Å². The van der Waals surface area contributed by atoms with E-state index in [0.717, 1.165) is 18.2 Å². The second-order valence-electron chi connectivity index (χ2n) is 8.88. The number of hydrogen-bond donors (Lipinski definition) is 2. The fourth-order valence-electron chi connectivity index (χ4n) is 5.28. The van der Waals surface area contributed by atoms with Crippen molar-refractivity contribution in [1.29, 1.82) is 0 Å². The number of nitrogens with zero attached hydrogens (tertiary/aromatic N) is 1. The predicted molar refractivity (Wildman–Crippen MR) is 111 cm³/mol. The standard InChI is InChI=1S/C24H26F4N2O2/c1-13-7-8-30(14(2)24(13,32)20-6-4-16(26)10-22(20)28)23(31)19-12-29-11-18(19)17-5-3-15(25)9-21(17)27/h3-6,9-10,13-14,18-19,29,32H,7-8,11-12H2,1-2H3/t13-,14-,18-,19+,24-/m0/s1. The van der Waals surface area contributed by atoms with Gasteiger partial charge in [0, 0.05) is 43.2 Å². The molecule has 2 heterocycles. The van der Waals surface area contributed by atoms with E-state index in [4.69, 9.17) is 0 Å². The lowest BCUT2D eigenvalue weighted by atomic mass is 9.71. The van der Waals surface area contributed by atoms with Gasteiger partial charge >= 0.3 is 0 Å². The van der Waals surface area contributed by atoms with Gasteiger partial charge in [0.05, 0.1) is 12.0 Å². The molecule has 2 aromatic rings. The van der Waals surface area contributed by atoms with Gasteiger partial charge in [-0.25, -0.2) is 17.6 Å². The molecular formula is C24H26F4N2O2. The molecule has 0 aromatic heterocycles. The highest BCUT2D eigenvalue weighted by Crippen LogP contribution is 2.43. The maximum absolute atomic E-state index is 14.6. The van der Waals surface area contributed by atoms with Crippen molar-refractivity contribution < 1.29 is 27.5 Å². The lowest BCUT2D eigenvalue weighted by Gasteiger charge is -2.50. The Morgan fingerprint density at radius 3 is 2.34 bits per heavy atom. The lowest BCUT2D eigenvalue weighted by Crippen LogP contribution is -2.60. The molecule has 2 N–H and O–H groups in total. The first-order chi connectivity index (χ1) is 15.1. The van der Waals surface area contributed by atoms with E-state index < -0.39 is 46.7 Å². The first-order valence-corrected chi connectivity index (χ1v) is 10.8. The second-order valence-corrected chi connectivity index (χ2v) is 8.88. The van der Waals surface area contributed by atoms with Gasteiger partial charge in [-0.3, -0.25) is 4.79 Å². The Morgan fingerprint density at radius 1 is 1.03 bits per heavy atom. The van der Waals surface area contributed by atoms with Crippen molar-refractivity contribution in [1.82, 2.24) is 10.2 Å². The molecular weight excluding hydrogens is 424 g/mol.